The third-order valence-electron chi connectivity index (χ3n) is 2.76. The second-order valence-electron chi connectivity index (χ2n) is 4.77. The highest BCUT2D eigenvalue weighted by molar-refractivity contribution is 4.76. The van der Waals surface area contributed by atoms with Gasteiger partial charge in [0.25, 0.3) is 0 Å². The number of hydrogen-bond donors (Lipinski definition) is 2. The van der Waals surface area contributed by atoms with Gasteiger partial charge in [-0.3, -0.25) is 0 Å². The lowest BCUT2D eigenvalue weighted by Crippen LogP contribution is -2.43. The van der Waals surface area contributed by atoms with Crippen molar-refractivity contribution in [1.82, 2.24) is 0 Å². The molecule has 0 fully saturated rings. The van der Waals surface area contributed by atoms with E-state index >= 15 is 0 Å². The van der Waals surface area contributed by atoms with Gasteiger partial charge < -0.3 is 15.6 Å². The maximum absolute atomic E-state index is 9.18. The summed E-state index contributed by atoms with van der Waals surface area (Å²) < 4.78 is 5.65. The molecule has 3 unspecified atom stereocenters. The van der Waals surface area contributed by atoms with Gasteiger partial charge in [-0.2, -0.15) is 0 Å². The van der Waals surface area contributed by atoms with Crippen LogP contribution in [0.3, 0.4) is 0 Å². The predicted octanol–water partition coefficient (Wildman–Crippen LogP) is 1.78. The quantitative estimate of drug-likeness (QED) is 0.651. The maximum atomic E-state index is 9.18. The third-order valence-corrected chi connectivity index (χ3v) is 2.76. The van der Waals surface area contributed by atoms with Crippen molar-refractivity contribution in [2.75, 3.05) is 13.2 Å². The fourth-order valence-electron chi connectivity index (χ4n) is 1.58. The van der Waals surface area contributed by atoms with Crippen molar-refractivity contribution < 1.29 is 9.84 Å². The zero-order chi connectivity index (χ0) is 11.8. The van der Waals surface area contributed by atoms with E-state index in [1.807, 2.05) is 13.8 Å². The van der Waals surface area contributed by atoms with Gasteiger partial charge in [0.05, 0.1) is 12.7 Å². The summed E-state index contributed by atoms with van der Waals surface area (Å²) in [7, 11) is 0. The van der Waals surface area contributed by atoms with Crippen LogP contribution in [-0.2, 0) is 4.74 Å². The molecule has 0 bridgehead atoms. The monoisotopic (exact) mass is 217 g/mol. The van der Waals surface area contributed by atoms with E-state index in [0.29, 0.717) is 18.4 Å². The van der Waals surface area contributed by atoms with Crippen molar-refractivity contribution in [3.05, 3.63) is 0 Å². The van der Waals surface area contributed by atoms with Crippen LogP contribution in [0.4, 0.5) is 0 Å². The van der Waals surface area contributed by atoms with E-state index < -0.39 is 0 Å². The molecule has 0 saturated heterocycles. The maximum Gasteiger partial charge on any atom is 0.0958 e. The van der Waals surface area contributed by atoms with Gasteiger partial charge in [0.15, 0.2) is 0 Å². The van der Waals surface area contributed by atoms with Gasteiger partial charge in [0, 0.05) is 12.6 Å². The van der Waals surface area contributed by atoms with Crippen molar-refractivity contribution >= 4 is 0 Å². The van der Waals surface area contributed by atoms with Gasteiger partial charge in [-0.15, -0.1) is 0 Å². The van der Waals surface area contributed by atoms with Gasteiger partial charge in [0.2, 0.25) is 0 Å². The Morgan fingerprint density at radius 3 is 2.27 bits per heavy atom. The van der Waals surface area contributed by atoms with E-state index in [1.54, 1.807) is 0 Å². The highest BCUT2D eigenvalue weighted by Gasteiger charge is 2.21. The van der Waals surface area contributed by atoms with Crippen LogP contribution in [0.15, 0.2) is 0 Å². The number of hydrogen-bond acceptors (Lipinski definition) is 3. The highest BCUT2D eigenvalue weighted by atomic mass is 16.5. The minimum Gasteiger partial charge on any atom is -0.394 e. The zero-order valence-electron chi connectivity index (χ0n) is 10.6. The Labute approximate surface area is 94.0 Å². The lowest BCUT2D eigenvalue weighted by atomic mass is 10.00. The first kappa shape index (κ1) is 14.9. The molecule has 15 heavy (non-hydrogen) atoms. The van der Waals surface area contributed by atoms with E-state index in [2.05, 4.69) is 13.8 Å². The average molecular weight is 217 g/mol. The summed E-state index contributed by atoms with van der Waals surface area (Å²) in [6.45, 7) is 9.13. The molecule has 3 nitrogen and oxygen atoms in total. The number of ether oxygens (including phenoxy) is 1. The lowest BCUT2D eigenvalue weighted by molar-refractivity contribution is -0.0250. The van der Waals surface area contributed by atoms with E-state index in [0.717, 1.165) is 6.42 Å². The molecule has 0 spiro atoms. The zero-order valence-corrected chi connectivity index (χ0v) is 10.6. The highest BCUT2D eigenvalue weighted by Crippen LogP contribution is 2.11. The Bertz CT molecular complexity index is 151. The first-order valence-electron chi connectivity index (χ1n) is 6.00. The number of aliphatic hydroxyl groups is 1. The molecule has 0 aliphatic heterocycles. The molecular weight excluding hydrogens is 190 g/mol. The van der Waals surface area contributed by atoms with Gasteiger partial charge in [-0.1, -0.05) is 34.1 Å². The number of aliphatic hydroxyl groups excluding tert-OH is 1. The van der Waals surface area contributed by atoms with Gasteiger partial charge in [0.1, 0.15) is 0 Å². The molecule has 3 atom stereocenters. The standard InChI is InChI=1S/C12H27NO2/c1-5-6-10(4)8-15-11(7-14)12(13)9(2)3/h9-12,14H,5-8,13H2,1-4H3. The van der Waals surface area contributed by atoms with Crippen molar-refractivity contribution in [3.8, 4) is 0 Å². The van der Waals surface area contributed by atoms with Crippen molar-refractivity contribution in [2.24, 2.45) is 17.6 Å². The first-order valence-corrected chi connectivity index (χ1v) is 6.00. The fraction of sp³-hybridized carbons (Fsp3) is 1.00. The predicted molar refractivity (Wildman–Crippen MR) is 63.7 cm³/mol. The number of nitrogens with two attached hydrogens (primary N) is 1. The van der Waals surface area contributed by atoms with Crippen molar-refractivity contribution in [1.29, 1.82) is 0 Å². The SMILES string of the molecule is CCCC(C)COC(CO)C(N)C(C)C. The molecule has 92 valence electrons. The van der Waals surface area contributed by atoms with Crippen LogP contribution in [-0.4, -0.2) is 30.5 Å². The van der Waals surface area contributed by atoms with E-state index in [-0.39, 0.29) is 18.8 Å². The van der Waals surface area contributed by atoms with Gasteiger partial charge in [-0.05, 0) is 18.3 Å². The molecule has 3 heteroatoms. The second-order valence-corrected chi connectivity index (χ2v) is 4.77. The summed E-state index contributed by atoms with van der Waals surface area (Å²) in [6.07, 6.45) is 2.11. The molecule has 0 rings (SSSR count). The van der Waals surface area contributed by atoms with Crippen LogP contribution in [0, 0.1) is 11.8 Å². The van der Waals surface area contributed by atoms with Crippen LogP contribution >= 0.6 is 0 Å². The Morgan fingerprint density at radius 1 is 1.27 bits per heavy atom. The van der Waals surface area contributed by atoms with Crippen molar-refractivity contribution in [2.45, 2.75) is 52.7 Å². The molecule has 0 heterocycles. The van der Waals surface area contributed by atoms with Gasteiger partial charge in [-0.25, -0.2) is 0 Å². The molecule has 0 aliphatic carbocycles. The Hall–Kier alpha value is -0.120. The molecule has 0 aliphatic rings. The van der Waals surface area contributed by atoms with Crippen LogP contribution < -0.4 is 5.73 Å². The normalized spacial score (nSPS) is 17.8. The fourth-order valence-corrected chi connectivity index (χ4v) is 1.58. The molecule has 0 saturated carbocycles. The number of rotatable bonds is 8. The largest absolute Gasteiger partial charge is 0.394 e. The summed E-state index contributed by atoms with van der Waals surface area (Å²) in [4.78, 5) is 0. The third kappa shape index (κ3) is 6.13. The minimum atomic E-state index is -0.218. The topological polar surface area (TPSA) is 55.5 Å². The Kier molecular flexibility index (Phi) is 8.02. The van der Waals surface area contributed by atoms with Crippen molar-refractivity contribution in [3.63, 3.8) is 0 Å². The van der Waals surface area contributed by atoms with E-state index in [4.69, 9.17) is 10.5 Å². The van der Waals surface area contributed by atoms with Gasteiger partial charge >= 0.3 is 0 Å². The molecule has 0 aromatic heterocycles. The summed E-state index contributed by atoms with van der Waals surface area (Å²) in [5, 5.41) is 9.18. The van der Waals surface area contributed by atoms with E-state index in [1.165, 1.54) is 6.42 Å². The second kappa shape index (κ2) is 8.08. The van der Waals surface area contributed by atoms with E-state index in [9.17, 15) is 5.11 Å². The molecule has 3 N–H and O–H groups in total. The lowest BCUT2D eigenvalue weighted by Gasteiger charge is -2.26. The first-order chi connectivity index (χ1) is 7.02. The summed E-state index contributed by atoms with van der Waals surface area (Å²) in [5.41, 5.74) is 5.95. The molecule has 0 amide bonds. The molecule has 0 aromatic carbocycles. The Balaban J connectivity index is 3.89. The van der Waals surface area contributed by atoms with Crippen LogP contribution in [0.5, 0.6) is 0 Å². The smallest absolute Gasteiger partial charge is 0.0958 e. The summed E-state index contributed by atoms with van der Waals surface area (Å²) >= 11 is 0. The molecular formula is C12H27NO2. The molecule has 0 radical (unpaired) electrons. The summed E-state index contributed by atoms with van der Waals surface area (Å²) in [6, 6.07) is -0.0798. The van der Waals surface area contributed by atoms with Crippen LogP contribution in [0.1, 0.15) is 40.5 Å². The average Bonchev–Trinajstić information content (AvgIpc) is 2.18. The van der Waals surface area contributed by atoms with Crippen LogP contribution in [0.2, 0.25) is 0 Å². The minimum absolute atomic E-state index is 0.0121. The molecule has 0 aromatic rings. The Morgan fingerprint density at radius 2 is 1.87 bits per heavy atom. The summed E-state index contributed by atoms with van der Waals surface area (Å²) in [5.74, 6) is 0.882. The van der Waals surface area contributed by atoms with Crippen LogP contribution in [0.25, 0.3) is 0 Å².